The number of esters is 1. The molecule has 3 heteroatoms. The van der Waals surface area contributed by atoms with Crippen molar-refractivity contribution < 1.29 is 9.53 Å². The van der Waals surface area contributed by atoms with E-state index in [2.05, 4.69) is 13.8 Å². The predicted octanol–water partition coefficient (Wildman–Crippen LogP) is 2.48. The molecule has 0 heterocycles. The lowest BCUT2D eigenvalue weighted by molar-refractivity contribution is -0.169. The summed E-state index contributed by atoms with van der Waals surface area (Å²) in [5, 5.41) is 0. The quantitative estimate of drug-likeness (QED) is 0.770. The second-order valence-electron chi connectivity index (χ2n) is 6.13. The van der Waals surface area contributed by atoms with Gasteiger partial charge < -0.3 is 10.5 Å². The summed E-state index contributed by atoms with van der Waals surface area (Å²) in [5.41, 5.74) is 5.40. The van der Waals surface area contributed by atoms with E-state index < -0.39 is 0 Å². The third kappa shape index (κ3) is 2.49. The molecule has 0 aromatic carbocycles. The van der Waals surface area contributed by atoms with Crippen LogP contribution in [0.4, 0.5) is 0 Å². The first-order valence-corrected chi connectivity index (χ1v) is 6.98. The van der Waals surface area contributed by atoms with Gasteiger partial charge in [0.25, 0.3) is 0 Å². The van der Waals surface area contributed by atoms with Gasteiger partial charge in [-0.3, -0.25) is 4.79 Å². The van der Waals surface area contributed by atoms with Crippen LogP contribution in [0.25, 0.3) is 0 Å². The average molecular weight is 239 g/mol. The number of ether oxygens (including phenoxy) is 1. The zero-order valence-electron chi connectivity index (χ0n) is 11.1. The van der Waals surface area contributed by atoms with E-state index in [4.69, 9.17) is 10.5 Å². The topological polar surface area (TPSA) is 52.3 Å². The number of carbonyl (C=O) groups excluding carboxylic acids is 1. The van der Waals surface area contributed by atoms with E-state index in [1.807, 2.05) is 0 Å². The fourth-order valence-corrected chi connectivity index (χ4v) is 2.98. The Morgan fingerprint density at radius 3 is 2.47 bits per heavy atom. The van der Waals surface area contributed by atoms with Crippen molar-refractivity contribution in [1.29, 1.82) is 0 Å². The van der Waals surface area contributed by atoms with E-state index in [0.717, 1.165) is 38.0 Å². The molecule has 2 saturated carbocycles. The van der Waals surface area contributed by atoms with Crippen LogP contribution in [0, 0.1) is 17.3 Å². The monoisotopic (exact) mass is 239 g/mol. The Balaban J connectivity index is 1.87. The van der Waals surface area contributed by atoms with Crippen molar-refractivity contribution in [3.63, 3.8) is 0 Å². The fraction of sp³-hybridized carbons (Fsp3) is 0.929. The van der Waals surface area contributed by atoms with Crippen molar-refractivity contribution >= 4 is 5.97 Å². The molecule has 2 aliphatic rings. The van der Waals surface area contributed by atoms with E-state index in [9.17, 15) is 4.79 Å². The van der Waals surface area contributed by atoms with Crippen molar-refractivity contribution in [2.24, 2.45) is 23.0 Å². The molecule has 0 saturated heterocycles. The van der Waals surface area contributed by atoms with Crippen LogP contribution < -0.4 is 5.73 Å². The van der Waals surface area contributed by atoms with Gasteiger partial charge in [0.1, 0.15) is 6.10 Å². The third-order valence-electron chi connectivity index (χ3n) is 4.96. The molecule has 0 spiro atoms. The minimum atomic E-state index is -0.327. The Bertz CT molecular complexity index is 280. The molecule has 0 aromatic rings. The molecule has 2 fully saturated rings. The van der Waals surface area contributed by atoms with E-state index in [1.54, 1.807) is 0 Å². The molecule has 98 valence electrons. The minimum absolute atomic E-state index is 0.0296. The summed E-state index contributed by atoms with van der Waals surface area (Å²) >= 11 is 0. The first-order valence-electron chi connectivity index (χ1n) is 6.98. The maximum absolute atomic E-state index is 12.1. The SMILES string of the molecule is CC1CCC(OC(=O)C2(CN)CCC2)CC1C. The van der Waals surface area contributed by atoms with Crippen LogP contribution in [-0.2, 0) is 9.53 Å². The van der Waals surface area contributed by atoms with E-state index in [1.165, 1.54) is 6.42 Å². The molecule has 0 aromatic heterocycles. The Hall–Kier alpha value is -0.570. The molecular weight excluding hydrogens is 214 g/mol. The summed E-state index contributed by atoms with van der Waals surface area (Å²) in [6, 6.07) is 0. The first kappa shape index (κ1) is 12.9. The Labute approximate surface area is 104 Å². The lowest BCUT2D eigenvalue weighted by atomic mass is 9.69. The minimum Gasteiger partial charge on any atom is -0.462 e. The summed E-state index contributed by atoms with van der Waals surface area (Å²) in [6.07, 6.45) is 6.31. The number of hydrogen-bond donors (Lipinski definition) is 1. The smallest absolute Gasteiger partial charge is 0.313 e. The van der Waals surface area contributed by atoms with Gasteiger partial charge in [0.05, 0.1) is 5.41 Å². The van der Waals surface area contributed by atoms with Crippen LogP contribution in [-0.4, -0.2) is 18.6 Å². The third-order valence-corrected chi connectivity index (χ3v) is 4.96. The predicted molar refractivity (Wildman–Crippen MR) is 67.4 cm³/mol. The van der Waals surface area contributed by atoms with Gasteiger partial charge >= 0.3 is 5.97 Å². The largest absolute Gasteiger partial charge is 0.462 e. The van der Waals surface area contributed by atoms with Crippen LogP contribution in [0.3, 0.4) is 0 Å². The highest BCUT2D eigenvalue weighted by Crippen LogP contribution is 2.42. The van der Waals surface area contributed by atoms with Gasteiger partial charge in [0.2, 0.25) is 0 Å². The standard InChI is InChI=1S/C14H25NO2/c1-10-4-5-12(8-11(10)2)17-13(16)14(9-15)6-3-7-14/h10-12H,3-9,15H2,1-2H3. The number of carbonyl (C=O) groups is 1. The molecular formula is C14H25NO2. The van der Waals surface area contributed by atoms with E-state index >= 15 is 0 Å². The highest BCUT2D eigenvalue weighted by atomic mass is 16.5. The summed E-state index contributed by atoms with van der Waals surface area (Å²) in [5.74, 6) is 1.40. The summed E-state index contributed by atoms with van der Waals surface area (Å²) in [7, 11) is 0. The fourth-order valence-electron chi connectivity index (χ4n) is 2.98. The second kappa shape index (κ2) is 4.97. The van der Waals surface area contributed by atoms with Crippen molar-refractivity contribution in [3.8, 4) is 0 Å². The van der Waals surface area contributed by atoms with Gasteiger partial charge in [-0.1, -0.05) is 20.3 Å². The zero-order chi connectivity index (χ0) is 12.5. The van der Waals surface area contributed by atoms with Crippen molar-refractivity contribution in [1.82, 2.24) is 0 Å². The van der Waals surface area contributed by atoms with Crippen LogP contribution in [0.15, 0.2) is 0 Å². The van der Waals surface area contributed by atoms with Crippen molar-refractivity contribution in [2.75, 3.05) is 6.54 Å². The molecule has 17 heavy (non-hydrogen) atoms. The highest BCUT2D eigenvalue weighted by Gasteiger charge is 2.45. The van der Waals surface area contributed by atoms with Crippen LogP contribution in [0.1, 0.15) is 52.4 Å². The maximum Gasteiger partial charge on any atom is 0.313 e. The summed E-state index contributed by atoms with van der Waals surface area (Å²) in [6.45, 7) is 4.99. The Morgan fingerprint density at radius 1 is 1.29 bits per heavy atom. The molecule has 3 atom stereocenters. The van der Waals surface area contributed by atoms with Crippen molar-refractivity contribution in [2.45, 2.75) is 58.5 Å². The number of rotatable bonds is 3. The van der Waals surface area contributed by atoms with Gasteiger partial charge in [-0.25, -0.2) is 0 Å². The van der Waals surface area contributed by atoms with Gasteiger partial charge in [0.15, 0.2) is 0 Å². The van der Waals surface area contributed by atoms with E-state index in [0.29, 0.717) is 12.5 Å². The molecule has 3 nitrogen and oxygen atoms in total. The molecule has 2 aliphatic carbocycles. The zero-order valence-corrected chi connectivity index (χ0v) is 11.1. The van der Waals surface area contributed by atoms with Crippen LogP contribution in [0.5, 0.6) is 0 Å². The Morgan fingerprint density at radius 2 is 2.00 bits per heavy atom. The molecule has 0 radical (unpaired) electrons. The van der Waals surface area contributed by atoms with Crippen molar-refractivity contribution in [3.05, 3.63) is 0 Å². The van der Waals surface area contributed by atoms with Crippen LogP contribution in [0.2, 0.25) is 0 Å². The molecule has 3 unspecified atom stereocenters. The van der Waals surface area contributed by atoms with Gasteiger partial charge in [-0.05, 0) is 43.9 Å². The lowest BCUT2D eigenvalue weighted by Gasteiger charge is -2.40. The van der Waals surface area contributed by atoms with Gasteiger partial charge in [-0.15, -0.1) is 0 Å². The normalized spacial score (nSPS) is 36.1. The highest BCUT2D eigenvalue weighted by molar-refractivity contribution is 5.78. The molecule has 0 aliphatic heterocycles. The summed E-state index contributed by atoms with van der Waals surface area (Å²) < 4.78 is 5.69. The number of hydrogen-bond acceptors (Lipinski definition) is 3. The maximum atomic E-state index is 12.1. The Kier molecular flexibility index (Phi) is 3.76. The molecule has 2 N–H and O–H groups in total. The summed E-state index contributed by atoms with van der Waals surface area (Å²) in [4.78, 5) is 12.1. The molecule has 0 amide bonds. The van der Waals surface area contributed by atoms with Gasteiger partial charge in [0, 0.05) is 6.54 Å². The lowest BCUT2D eigenvalue weighted by Crippen LogP contribution is -2.47. The van der Waals surface area contributed by atoms with Crippen LogP contribution >= 0.6 is 0 Å². The molecule has 2 rings (SSSR count). The number of nitrogens with two attached hydrogens (primary N) is 1. The average Bonchev–Trinajstić information content (AvgIpc) is 2.23. The van der Waals surface area contributed by atoms with E-state index in [-0.39, 0.29) is 17.5 Å². The second-order valence-corrected chi connectivity index (χ2v) is 6.13. The van der Waals surface area contributed by atoms with Gasteiger partial charge in [-0.2, -0.15) is 0 Å². The molecule has 0 bridgehead atoms. The first-order chi connectivity index (χ1) is 8.07.